The Bertz CT molecular complexity index is 2550. The molecule has 12 rings (SSSR count). The van der Waals surface area contributed by atoms with Crippen LogP contribution in [-0.4, -0.2) is 16.4 Å². The van der Waals surface area contributed by atoms with Crippen LogP contribution in [0.1, 0.15) is 103 Å². The number of amidine groups is 1. The monoisotopic (exact) mass is 759 g/mol. The molecule has 0 amide bonds. The first kappa shape index (κ1) is 34.6. The predicted molar refractivity (Wildman–Crippen MR) is 238 cm³/mol. The van der Waals surface area contributed by atoms with Gasteiger partial charge in [-0.1, -0.05) is 109 Å². The molecule has 5 heteroatoms. The molecule has 5 aromatic rings. The lowest BCUT2D eigenvalue weighted by atomic mass is 9.73. The van der Waals surface area contributed by atoms with Gasteiger partial charge in [0.05, 0.1) is 5.52 Å². The lowest BCUT2D eigenvalue weighted by Gasteiger charge is -2.38. The molecule has 8 unspecified atom stereocenters. The smallest absolute Gasteiger partial charge is 0.131 e. The van der Waals surface area contributed by atoms with Crippen LogP contribution in [0.4, 0.5) is 5.69 Å². The maximum atomic E-state index is 5.53. The maximum Gasteiger partial charge on any atom is 0.131 e. The summed E-state index contributed by atoms with van der Waals surface area (Å²) in [5, 5.41) is 9.27. The van der Waals surface area contributed by atoms with Gasteiger partial charge >= 0.3 is 0 Å². The van der Waals surface area contributed by atoms with Gasteiger partial charge in [0.25, 0.3) is 0 Å². The van der Waals surface area contributed by atoms with E-state index in [4.69, 9.17) is 4.99 Å². The number of allylic oxidation sites excluding steroid dienone is 6. The molecule has 0 saturated carbocycles. The van der Waals surface area contributed by atoms with Gasteiger partial charge < -0.3 is 14.8 Å². The molecule has 1 saturated heterocycles. The fourth-order valence-corrected chi connectivity index (χ4v) is 12.1. The number of nitrogens with one attached hydrogen (secondary N) is 2. The molecule has 4 aromatic carbocycles. The minimum atomic E-state index is -0.152. The zero-order valence-electron chi connectivity index (χ0n) is 33.3. The molecule has 1 aromatic heterocycles. The Labute approximate surface area is 343 Å². The van der Waals surface area contributed by atoms with E-state index in [2.05, 4.69) is 160 Å². The minimum Gasteiger partial charge on any atom is -0.354 e. The summed E-state index contributed by atoms with van der Waals surface area (Å²) in [6.45, 7) is 0. The molecule has 3 heterocycles. The molecular weight excluding hydrogens is 707 g/mol. The Hall–Kier alpha value is -5.39. The quantitative estimate of drug-likeness (QED) is 0.175. The zero-order chi connectivity index (χ0) is 38.2. The summed E-state index contributed by atoms with van der Waals surface area (Å²) in [7, 11) is 0. The number of anilines is 1. The van der Waals surface area contributed by atoms with Gasteiger partial charge in [0.1, 0.15) is 18.2 Å². The molecule has 0 radical (unpaired) electrons. The topological polar surface area (TPSA) is 44.6 Å². The van der Waals surface area contributed by atoms with Crippen LogP contribution in [0.25, 0.3) is 22.7 Å². The van der Waals surface area contributed by atoms with Crippen molar-refractivity contribution in [2.45, 2.75) is 88.5 Å². The molecule has 2 N–H and O–H groups in total. The van der Waals surface area contributed by atoms with Crippen LogP contribution in [0, 0.1) is 23.7 Å². The van der Waals surface area contributed by atoms with Crippen LogP contribution in [0.5, 0.6) is 0 Å². The van der Waals surface area contributed by atoms with E-state index in [1.165, 1.54) is 82.3 Å². The lowest BCUT2D eigenvalue weighted by molar-refractivity contribution is 0.390. The van der Waals surface area contributed by atoms with Crippen molar-refractivity contribution < 1.29 is 0 Å². The van der Waals surface area contributed by atoms with Gasteiger partial charge in [-0.05, 0) is 123 Å². The molecule has 8 atom stereocenters. The molecule has 5 nitrogen and oxygen atoms in total. The third-order valence-electron chi connectivity index (χ3n) is 14.8. The third kappa shape index (κ3) is 5.64. The number of rotatable bonds is 5. The maximum absolute atomic E-state index is 5.53. The third-order valence-corrected chi connectivity index (χ3v) is 14.8. The summed E-state index contributed by atoms with van der Waals surface area (Å²) in [6.07, 6.45) is 28.6. The van der Waals surface area contributed by atoms with Crippen LogP contribution < -0.4 is 15.5 Å². The summed E-state index contributed by atoms with van der Waals surface area (Å²) < 4.78 is 2.67. The fourth-order valence-electron chi connectivity index (χ4n) is 12.1. The lowest BCUT2D eigenvalue weighted by Crippen LogP contribution is -2.47. The van der Waals surface area contributed by atoms with Gasteiger partial charge in [0.2, 0.25) is 0 Å². The summed E-state index contributed by atoms with van der Waals surface area (Å²) in [5.41, 5.74) is 14.1. The van der Waals surface area contributed by atoms with Crippen molar-refractivity contribution in [3.8, 4) is 5.69 Å². The van der Waals surface area contributed by atoms with E-state index in [9.17, 15) is 0 Å². The van der Waals surface area contributed by atoms with Crippen LogP contribution in [0.15, 0.2) is 144 Å². The van der Waals surface area contributed by atoms with Gasteiger partial charge in [0, 0.05) is 63.4 Å². The van der Waals surface area contributed by atoms with Crippen LogP contribution in [0.2, 0.25) is 0 Å². The number of benzene rings is 4. The van der Waals surface area contributed by atoms with Crippen molar-refractivity contribution in [3.05, 3.63) is 173 Å². The highest BCUT2D eigenvalue weighted by Crippen LogP contribution is 2.52. The largest absolute Gasteiger partial charge is 0.354 e. The predicted octanol–water partition coefficient (Wildman–Crippen LogP) is 11.6. The Morgan fingerprint density at radius 3 is 2.50 bits per heavy atom. The number of hydrogen-bond donors (Lipinski definition) is 2. The second-order valence-corrected chi connectivity index (χ2v) is 17.9. The highest BCUT2D eigenvalue weighted by atomic mass is 15.3. The minimum absolute atomic E-state index is 0.00666. The molecule has 0 bridgehead atoms. The Morgan fingerprint density at radius 1 is 0.724 bits per heavy atom. The molecule has 7 aliphatic rings. The van der Waals surface area contributed by atoms with Crippen molar-refractivity contribution in [1.82, 2.24) is 15.2 Å². The average molecular weight is 760 g/mol. The summed E-state index contributed by atoms with van der Waals surface area (Å²) in [4.78, 5) is 8.29. The van der Waals surface area contributed by atoms with Crippen molar-refractivity contribution >= 4 is 28.5 Å². The standard InChI is InChI=1S/C53H53N5/c1-3-16-35(17-4-1)51-54-52(36-18-5-2-6-19-36)56-53(55-51)44-23-11-14-26-48(44)58-47-25-13-10-22-42(47)45-32-38-31-39(29-27-37(38)33-49(45)58)57-46-24-12-9-21-41(46)43-30-28-34-15-7-8-20-40(34)50(43)57/h1-5,7,9-12,14-17,21-24,26-27,29,31,33-34,36,40,42,45,47,51,53,55H,6,8,13,18-20,25,28,30,32H2,(H,54,56). The van der Waals surface area contributed by atoms with Crippen molar-refractivity contribution in [2.24, 2.45) is 28.7 Å². The number of aryl methyl sites for hydroxylation is 1. The number of nitrogens with zero attached hydrogens (tertiary/aromatic N) is 3. The van der Waals surface area contributed by atoms with Gasteiger partial charge in [-0.3, -0.25) is 5.32 Å². The molecule has 290 valence electrons. The van der Waals surface area contributed by atoms with E-state index in [1.807, 2.05) is 0 Å². The Kier molecular flexibility index (Phi) is 8.46. The Morgan fingerprint density at radius 2 is 1.57 bits per heavy atom. The first-order valence-electron chi connectivity index (χ1n) is 22.3. The highest BCUT2D eigenvalue weighted by Gasteiger charge is 2.47. The summed E-state index contributed by atoms with van der Waals surface area (Å²) >= 11 is 0. The van der Waals surface area contributed by atoms with Crippen LogP contribution in [0.3, 0.4) is 0 Å². The van der Waals surface area contributed by atoms with Crippen molar-refractivity contribution in [3.63, 3.8) is 0 Å². The van der Waals surface area contributed by atoms with E-state index in [0.29, 0.717) is 35.6 Å². The number of hydrogen-bond acceptors (Lipinski definition) is 4. The average Bonchev–Trinajstić information content (AvgIpc) is 3.81. The first-order valence-corrected chi connectivity index (χ1v) is 22.3. The molecule has 2 aliphatic heterocycles. The highest BCUT2D eigenvalue weighted by molar-refractivity contribution is 5.89. The van der Waals surface area contributed by atoms with E-state index in [-0.39, 0.29) is 12.3 Å². The van der Waals surface area contributed by atoms with Crippen molar-refractivity contribution in [1.29, 1.82) is 0 Å². The van der Waals surface area contributed by atoms with Gasteiger partial charge in [-0.2, -0.15) is 0 Å². The second-order valence-electron chi connectivity index (χ2n) is 17.9. The summed E-state index contributed by atoms with van der Waals surface area (Å²) in [5.74, 6) is 3.72. The number of para-hydroxylation sites is 2. The molecule has 1 fully saturated rings. The van der Waals surface area contributed by atoms with E-state index >= 15 is 0 Å². The Balaban J connectivity index is 0.949. The van der Waals surface area contributed by atoms with E-state index in [1.54, 1.807) is 11.3 Å². The second kappa shape index (κ2) is 14.2. The van der Waals surface area contributed by atoms with Crippen LogP contribution >= 0.6 is 0 Å². The normalized spacial score (nSPS) is 29.4. The SMILES string of the molecule is C1=CCC(C2=NC(c3ccccc3N3C4=Cc5ccc(-n6c7c(c8ccccc86)CCC6C=CCCC76)cc5CC4C4C=CCCC43)NC(c3ccccc3)N2)CC1. The molecule has 5 aliphatic carbocycles. The van der Waals surface area contributed by atoms with E-state index in [0.717, 1.165) is 37.9 Å². The summed E-state index contributed by atoms with van der Waals surface area (Å²) in [6, 6.07) is 37.1. The molecular formula is C53H53N5. The zero-order valence-corrected chi connectivity index (χ0v) is 33.3. The molecule has 0 spiro atoms. The van der Waals surface area contributed by atoms with Gasteiger partial charge in [-0.15, -0.1) is 0 Å². The number of aliphatic imine (C=N–C) groups is 1. The fraction of sp³-hybridized carbons (Fsp3) is 0.340. The van der Waals surface area contributed by atoms with Gasteiger partial charge in [-0.25, -0.2) is 4.99 Å². The number of fused-ring (bicyclic) bond motifs is 9. The van der Waals surface area contributed by atoms with Gasteiger partial charge in [0.15, 0.2) is 0 Å². The van der Waals surface area contributed by atoms with Crippen molar-refractivity contribution in [2.75, 3.05) is 4.90 Å². The number of aromatic nitrogens is 1. The van der Waals surface area contributed by atoms with Crippen LogP contribution in [-0.2, 0) is 12.8 Å². The first-order chi connectivity index (χ1) is 28.8. The molecule has 58 heavy (non-hydrogen) atoms. The van der Waals surface area contributed by atoms with E-state index < -0.39 is 0 Å².